The lowest BCUT2D eigenvalue weighted by molar-refractivity contribution is 0.0916. The molecule has 2 aromatic carbocycles. The van der Waals surface area contributed by atoms with E-state index in [0.29, 0.717) is 23.8 Å². The molecule has 2 amide bonds. The first-order valence-electron chi connectivity index (χ1n) is 13.2. The van der Waals surface area contributed by atoms with E-state index in [1.54, 1.807) is 35.7 Å². The number of nitrogens with zero attached hydrogens (tertiary/aromatic N) is 4. The van der Waals surface area contributed by atoms with E-state index >= 15 is 0 Å². The molecule has 0 radical (unpaired) electrons. The molecule has 10 nitrogen and oxygen atoms in total. The van der Waals surface area contributed by atoms with Crippen LogP contribution in [0.1, 0.15) is 30.1 Å². The van der Waals surface area contributed by atoms with E-state index in [2.05, 4.69) is 6.07 Å². The minimum Gasteiger partial charge on any atom is -0.450 e. The van der Waals surface area contributed by atoms with Crippen LogP contribution in [-0.4, -0.2) is 92.9 Å². The molecule has 1 unspecified atom stereocenters. The molecule has 0 spiro atoms. The molecule has 1 atom stereocenters. The van der Waals surface area contributed by atoms with Gasteiger partial charge in [0, 0.05) is 43.2 Å². The second-order valence-electron chi connectivity index (χ2n) is 9.50. The Labute approximate surface area is 242 Å². The van der Waals surface area contributed by atoms with Crippen LogP contribution < -0.4 is 4.90 Å². The highest BCUT2D eigenvalue weighted by molar-refractivity contribution is 7.98. The van der Waals surface area contributed by atoms with Crippen molar-refractivity contribution in [1.29, 1.82) is 0 Å². The number of anilines is 1. The molecule has 0 saturated carbocycles. The van der Waals surface area contributed by atoms with Crippen LogP contribution in [0.5, 0.6) is 0 Å². The van der Waals surface area contributed by atoms with E-state index in [4.69, 9.17) is 14.5 Å². The first-order valence-corrected chi connectivity index (χ1v) is 16.7. The number of thioether (sulfide) groups is 1. The number of sulfonamides is 1. The number of ether oxygens (including phenoxy) is 2. The van der Waals surface area contributed by atoms with Crippen molar-refractivity contribution in [2.24, 2.45) is 0 Å². The molecule has 5 rings (SSSR count). The molecular formula is C27H32N4O6S3. The van der Waals surface area contributed by atoms with Crippen LogP contribution in [0.15, 0.2) is 52.3 Å². The fourth-order valence-corrected chi connectivity index (χ4v) is 7.72. The molecule has 0 bridgehead atoms. The molecule has 2 aliphatic rings. The number of thiazole rings is 1. The van der Waals surface area contributed by atoms with Crippen molar-refractivity contribution in [3.8, 4) is 0 Å². The third-order valence-corrected chi connectivity index (χ3v) is 10.7. The van der Waals surface area contributed by atoms with Crippen molar-refractivity contribution in [2.45, 2.75) is 35.7 Å². The SMILES string of the molecule is CCOC(=O)N1CCN(S(=O)(=O)c2ccc(C(=O)N(CC3CCCO3)c3nc4ccc(SC)cc4s3)cc2)CC1. The summed E-state index contributed by atoms with van der Waals surface area (Å²) in [6, 6.07) is 12.1. The maximum Gasteiger partial charge on any atom is 0.409 e. The van der Waals surface area contributed by atoms with Crippen LogP contribution >= 0.6 is 23.1 Å². The lowest BCUT2D eigenvalue weighted by Crippen LogP contribution is -2.50. The Kier molecular flexibility index (Phi) is 8.95. The van der Waals surface area contributed by atoms with E-state index in [0.717, 1.165) is 28.0 Å². The second-order valence-corrected chi connectivity index (χ2v) is 13.3. The Morgan fingerprint density at radius 1 is 1.15 bits per heavy atom. The second kappa shape index (κ2) is 12.4. The molecule has 0 aliphatic carbocycles. The van der Waals surface area contributed by atoms with E-state index in [1.807, 2.05) is 18.4 Å². The van der Waals surface area contributed by atoms with Crippen molar-refractivity contribution in [3.05, 3.63) is 48.0 Å². The van der Waals surface area contributed by atoms with Gasteiger partial charge in [-0.3, -0.25) is 9.69 Å². The summed E-state index contributed by atoms with van der Waals surface area (Å²) in [4.78, 5) is 34.9. The summed E-state index contributed by atoms with van der Waals surface area (Å²) in [6.07, 6.45) is 3.32. The summed E-state index contributed by atoms with van der Waals surface area (Å²) in [5.41, 5.74) is 1.19. The maximum atomic E-state index is 13.8. The Morgan fingerprint density at radius 3 is 2.55 bits per heavy atom. The summed E-state index contributed by atoms with van der Waals surface area (Å²) in [7, 11) is -3.78. The summed E-state index contributed by atoms with van der Waals surface area (Å²) >= 11 is 3.11. The first-order chi connectivity index (χ1) is 19.3. The largest absolute Gasteiger partial charge is 0.450 e. The molecular weight excluding hydrogens is 573 g/mol. The van der Waals surface area contributed by atoms with Gasteiger partial charge in [0.2, 0.25) is 10.0 Å². The molecule has 13 heteroatoms. The average Bonchev–Trinajstić information content (AvgIpc) is 3.65. The number of aromatic nitrogens is 1. The highest BCUT2D eigenvalue weighted by Gasteiger charge is 2.32. The molecule has 1 aromatic heterocycles. The van der Waals surface area contributed by atoms with Gasteiger partial charge < -0.3 is 14.4 Å². The van der Waals surface area contributed by atoms with E-state index in [1.165, 1.54) is 32.7 Å². The van der Waals surface area contributed by atoms with Crippen molar-refractivity contribution in [1.82, 2.24) is 14.2 Å². The zero-order valence-electron chi connectivity index (χ0n) is 22.4. The van der Waals surface area contributed by atoms with Gasteiger partial charge in [0.05, 0.1) is 34.4 Å². The van der Waals surface area contributed by atoms with Gasteiger partial charge in [0.25, 0.3) is 5.91 Å². The number of benzene rings is 2. The van der Waals surface area contributed by atoms with Crippen LogP contribution in [0.25, 0.3) is 10.2 Å². The minimum atomic E-state index is -3.78. The van der Waals surface area contributed by atoms with Gasteiger partial charge >= 0.3 is 6.09 Å². The number of rotatable bonds is 8. The predicted octanol–water partition coefficient (Wildman–Crippen LogP) is 4.31. The number of amides is 2. The van der Waals surface area contributed by atoms with Gasteiger partial charge in [-0.2, -0.15) is 4.31 Å². The Morgan fingerprint density at radius 2 is 1.90 bits per heavy atom. The summed E-state index contributed by atoms with van der Waals surface area (Å²) < 4.78 is 39.7. The van der Waals surface area contributed by atoms with Crippen molar-refractivity contribution in [3.63, 3.8) is 0 Å². The first kappa shape index (κ1) is 28.8. The molecule has 2 fully saturated rings. The number of fused-ring (bicyclic) bond motifs is 1. The molecule has 214 valence electrons. The van der Waals surface area contributed by atoms with Crippen molar-refractivity contribution in [2.75, 3.05) is 57.1 Å². The third-order valence-electron chi connectivity index (χ3n) is 6.97. The number of carbonyl (C=O) groups is 2. The van der Waals surface area contributed by atoms with Crippen LogP contribution in [0, 0.1) is 0 Å². The fraction of sp³-hybridized carbons (Fsp3) is 0.444. The highest BCUT2D eigenvalue weighted by Crippen LogP contribution is 2.33. The molecule has 2 saturated heterocycles. The quantitative estimate of drug-likeness (QED) is 0.350. The number of piperazine rings is 1. The summed E-state index contributed by atoms with van der Waals surface area (Å²) in [5, 5.41) is 0.588. The van der Waals surface area contributed by atoms with E-state index < -0.39 is 16.1 Å². The zero-order valence-corrected chi connectivity index (χ0v) is 24.9. The van der Waals surface area contributed by atoms with Crippen LogP contribution in [0.4, 0.5) is 9.93 Å². The standard InChI is InChI=1S/C27H32N4O6S3/c1-3-36-27(33)29-12-14-30(15-13-29)40(34,35)22-9-6-19(7-10-22)25(32)31(18-20-5-4-16-37-20)26-28-23-11-8-21(38-2)17-24(23)39-26/h6-11,17,20H,3-5,12-16,18H2,1-2H3. The van der Waals surface area contributed by atoms with Gasteiger partial charge in [0.15, 0.2) is 5.13 Å². The minimum absolute atomic E-state index is 0.0781. The predicted molar refractivity (Wildman–Crippen MR) is 156 cm³/mol. The fourth-order valence-electron chi connectivity index (χ4n) is 4.78. The van der Waals surface area contributed by atoms with Gasteiger partial charge in [-0.1, -0.05) is 11.3 Å². The smallest absolute Gasteiger partial charge is 0.409 e. The van der Waals surface area contributed by atoms with Crippen molar-refractivity contribution < 1.29 is 27.5 Å². The monoisotopic (exact) mass is 604 g/mol. The van der Waals surface area contributed by atoms with Crippen LogP contribution in [0.2, 0.25) is 0 Å². The zero-order chi connectivity index (χ0) is 28.3. The van der Waals surface area contributed by atoms with Crippen molar-refractivity contribution >= 4 is 60.5 Å². The molecule has 2 aliphatic heterocycles. The molecule has 0 N–H and O–H groups in total. The topological polar surface area (TPSA) is 109 Å². The van der Waals surface area contributed by atoms with Crippen LogP contribution in [-0.2, 0) is 19.5 Å². The van der Waals surface area contributed by atoms with Gasteiger partial charge in [0.1, 0.15) is 0 Å². The van der Waals surface area contributed by atoms with Crippen LogP contribution in [0.3, 0.4) is 0 Å². The van der Waals surface area contributed by atoms with Gasteiger partial charge in [-0.15, -0.1) is 11.8 Å². The average molecular weight is 605 g/mol. The summed E-state index contributed by atoms with van der Waals surface area (Å²) in [6.45, 7) is 3.91. The number of carbonyl (C=O) groups excluding carboxylic acids is 2. The molecule has 40 heavy (non-hydrogen) atoms. The molecule has 3 aromatic rings. The summed E-state index contributed by atoms with van der Waals surface area (Å²) in [5.74, 6) is -0.258. The lowest BCUT2D eigenvalue weighted by Gasteiger charge is -2.33. The van der Waals surface area contributed by atoms with E-state index in [9.17, 15) is 18.0 Å². The van der Waals surface area contributed by atoms with Gasteiger partial charge in [-0.05, 0) is 68.5 Å². The number of hydrogen-bond donors (Lipinski definition) is 0. The molecule has 3 heterocycles. The van der Waals surface area contributed by atoms with Gasteiger partial charge in [-0.25, -0.2) is 18.2 Å². The Balaban J connectivity index is 1.34. The number of hydrogen-bond acceptors (Lipinski definition) is 9. The third kappa shape index (κ3) is 6.13. The maximum absolute atomic E-state index is 13.8. The lowest BCUT2D eigenvalue weighted by atomic mass is 10.2. The Bertz CT molecular complexity index is 1460. The van der Waals surface area contributed by atoms with E-state index in [-0.39, 0.29) is 49.7 Å². The highest BCUT2D eigenvalue weighted by atomic mass is 32.2. The normalized spacial score (nSPS) is 18.2. The Hall–Kier alpha value is -2.71.